The summed E-state index contributed by atoms with van der Waals surface area (Å²) in [6.45, 7) is 8.55. The van der Waals surface area contributed by atoms with Crippen LogP contribution in [0, 0.1) is 5.41 Å². The number of hydrogen-bond acceptors (Lipinski definition) is 1. The van der Waals surface area contributed by atoms with E-state index in [4.69, 9.17) is 5.73 Å². The van der Waals surface area contributed by atoms with E-state index in [1.54, 1.807) is 6.20 Å². The number of allylic oxidation sites excluding steroid dienone is 3. The quantitative estimate of drug-likeness (QED) is 0.606. The summed E-state index contributed by atoms with van der Waals surface area (Å²) in [5, 5.41) is 0. The van der Waals surface area contributed by atoms with Crippen LogP contribution in [0.1, 0.15) is 34.1 Å². The van der Waals surface area contributed by atoms with Gasteiger partial charge in [0.1, 0.15) is 0 Å². The fourth-order valence-corrected chi connectivity index (χ4v) is 0.869. The Bertz CT molecular complexity index is 158. The highest BCUT2D eigenvalue weighted by Crippen LogP contribution is 2.26. The Balaban J connectivity index is 4.21. The molecule has 0 radical (unpaired) electrons. The van der Waals surface area contributed by atoms with Crippen LogP contribution in [0.4, 0.5) is 0 Å². The summed E-state index contributed by atoms with van der Waals surface area (Å²) >= 11 is 0. The SMILES string of the molecule is C/C=C\C/C(=C\N)C(C)(C)C. The summed E-state index contributed by atoms with van der Waals surface area (Å²) in [7, 11) is 0. The highest BCUT2D eigenvalue weighted by molar-refractivity contribution is 5.13. The van der Waals surface area contributed by atoms with Crippen LogP contribution in [0.5, 0.6) is 0 Å². The monoisotopic (exact) mass is 153 g/mol. The highest BCUT2D eigenvalue weighted by Gasteiger charge is 2.14. The average molecular weight is 153 g/mol. The first-order valence-electron chi connectivity index (χ1n) is 4.04. The molecule has 0 aliphatic carbocycles. The van der Waals surface area contributed by atoms with Gasteiger partial charge in [-0.1, -0.05) is 32.9 Å². The smallest absolute Gasteiger partial charge is 0.00620 e. The molecular formula is C10H19N. The Hall–Kier alpha value is -0.720. The van der Waals surface area contributed by atoms with Crippen LogP contribution in [0.15, 0.2) is 23.9 Å². The van der Waals surface area contributed by atoms with Crippen LogP contribution in [0.3, 0.4) is 0 Å². The normalized spacial score (nSPS) is 14.4. The van der Waals surface area contributed by atoms with Gasteiger partial charge in [-0.05, 0) is 30.5 Å². The second kappa shape index (κ2) is 4.22. The average Bonchev–Trinajstić information content (AvgIpc) is 1.87. The van der Waals surface area contributed by atoms with Gasteiger partial charge in [0.05, 0.1) is 0 Å². The zero-order valence-corrected chi connectivity index (χ0v) is 8.02. The van der Waals surface area contributed by atoms with Crippen LogP contribution in [0.25, 0.3) is 0 Å². The van der Waals surface area contributed by atoms with E-state index in [1.165, 1.54) is 5.57 Å². The molecule has 0 saturated carbocycles. The third-order valence-electron chi connectivity index (χ3n) is 1.74. The molecule has 0 aromatic heterocycles. The lowest BCUT2D eigenvalue weighted by molar-refractivity contribution is 0.492. The van der Waals surface area contributed by atoms with Crippen LogP contribution < -0.4 is 5.73 Å². The molecule has 0 rings (SSSR count). The van der Waals surface area contributed by atoms with Crippen LogP contribution in [-0.4, -0.2) is 0 Å². The zero-order chi connectivity index (χ0) is 8.91. The molecule has 0 amide bonds. The van der Waals surface area contributed by atoms with Gasteiger partial charge in [0.25, 0.3) is 0 Å². The maximum Gasteiger partial charge on any atom is -0.00620 e. The minimum Gasteiger partial charge on any atom is -0.405 e. The molecule has 2 N–H and O–H groups in total. The third-order valence-corrected chi connectivity index (χ3v) is 1.74. The topological polar surface area (TPSA) is 26.0 Å². The molecule has 0 unspecified atom stereocenters. The molecule has 1 nitrogen and oxygen atoms in total. The van der Waals surface area contributed by atoms with Crippen molar-refractivity contribution in [3.8, 4) is 0 Å². The molecule has 0 aliphatic rings. The predicted molar refractivity (Wildman–Crippen MR) is 51.2 cm³/mol. The molecule has 1 heteroatoms. The Morgan fingerprint density at radius 3 is 2.18 bits per heavy atom. The minimum atomic E-state index is 0.203. The molecule has 0 atom stereocenters. The van der Waals surface area contributed by atoms with Crippen LogP contribution in [0.2, 0.25) is 0 Å². The van der Waals surface area contributed by atoms with E-state index in [9.17, 15) is 0 Å². The standard InChI is InChI=1S/C10H19N/c1-5-6-7-9(8-11)10(2,3)4/h5-6,8H,7,11H2,1-4H3/b6-5-,9-8+. The van der Waals surface area contributed by atoms with Crippen molar-refractivity contribution < 1.29 is 0 Å². The van der Waals surface area contributed by atoms with Crippen molar-refractivity contribution in [1.29, 1.82) is 0 Å². The summed E-state index contributed by atoms with van der Waals surface area (Å²) in [4.78, 5) is 0. The fourth-order valence-electron chi connectivity index (χ4n) is 0.869. The summed E-state index contributed by atoms with van der Waals surface area (Å²) < 4.78 is 0. The van der Waals surface area contributed by atoms with E-state index >= 15 is 0 Å². The fraction of sp³-hybridized carbons (Fsp3) is 0.600. The van der Waals surface area contributed by atoms with E-state index < -0.39 is 0 Å². The maximum atomic E-state index is 5.50. The summed E-state index contributed by atoms with van der Waals surface area (Å²) in [6, 6.07) is 0. The summed E-state index contributed by atoms with van der Waals surface area (Å²) in [5.41, 5.74) is 6.99. The van der Waals surface area contributed by atoms with Crippen molar-refractivity contribution in [2.24, 2.45) is 11.1 Å². The van der Waals surface area contributed by atoms with Gasteiger partial charge in [-0.15, -0.1) is 0 Å². The molecule has 64 valence electrons. The third kappa shape index (κ3) is 3.87. The molecule has 0 aromatic carbocycles. The minimum absolute atomic E-state index is 0.203. The Labute approximate surface area is 70.0 Å². The van der Waals surface area contributed by atoms with Crippen molar-refractivity contribution in [3.63, 3.8) is 0 Å². The van der Waals surface area contributed by atoms with Gasteiger partial charge in [-0.25, -0.2) is 0 Å². The molecule has 0 saturated heterocycles. The summed E-state index contributed by atoms with van der Waals surface area (Å²) in [6.07, 6.45) is 6.87. The van der Waals surface area contributed by atoms with E-state index in [-0.39, 0.29) is 5.41 Å². The van der Waals surface area contributed by atoms with Gasteiger partial charge in [-0.2, -0.15) is 0 Å². The molecule has 0 aliphatic heterocycles. The van der Waals surface area contributed by atoms with Crippen LogP contribution in [-0.2, 0) is 0 Å². The largest absolute Gasteiger partial charge is 0.405 e. The molecule has 0 bridgehead atoms. The van der Waals surface area contributed by atoms with Gasteiger partial charge in [0.2, 0.25) is 0 Å². The Morgan fingerprint density at radius 2 is 1.91 bits per heavy atom. The van der Waals surface area contributed by atoms with Crippen LogP contribution >= 0.6 is 0 Å². The summed E-state index contributed by atoms with van der Waals surface area (Å²) in [5.74, 6) is 0. The molecule has 11 heavy (non-hydrogen) atoms. The first kappa shape index (κ1) is 10.3. The van der Waals surface area contributed by atoms with Gasteiger partial charge in [0.15, 0.2) is 0 Å². The lowest BCUT2D eigenvalue weighted by Crippen LogP contribution is -2.10. The van der Waals surface area contributed by atoms with Gasteiger partial charge in [0, 0.05) is 0 Å². The van der Waals surface area contributed by atoms with E-state index in [0.29, 0.717) is 0 Å². The lowest BCUT2D eigenvalue weighted by Gasteiger charge is -2.21. The molecule has 0 aromatic rings. The zero-order valence-electron chi connectivity index (χ0n) is 8.02. The second-order valence-electron chi connectivity index (χ2n) is 3.72. The van der Waals surface area contributed by atoms with E-state index in [1.807, 2.05) is 6.92 Å². The molecule has 0 heterocycles. The van der Waals surface area contributed by atoms with Crippen molar-refractivity contribution in [3.05, 3.63) is 23.9 Å². The van der Waals surface area contributed by atoms with Crippen molar-refractivity contribution in [2.45, 2.75) is 34.1 Å². The molecule has 0 spiro atoms. The first-order valence-corrected chi connectivity index (χ1v) is 4.04. The van der Waals surface area contributed by atoms with E-state index in [2.05, 4.69) is 32.9 Å². The maximum absolute atomic E-state index is 5.50. The number of nitrogens with two attached hydrogens (primary N) is 1. The van der Waals surface area contributed by atoms with Crippen molar-refractivity contribution >= 4 is 0 Å². The number of hydrogen-bond donors (Lipinski definition) is 1. The predicted octanol–water partition coefficient (Wildman–Crippen LogP) is 2.84. The molecular weight excluding hydrogens is 134 g/mol. The van der Waals surface area contributed by atoms with Crippen molar-refractivity contribution in [1.82, 2.24) is 0 Å². The Kier molecular flexibility index (Phi) is 3.94. The molecule has 0 fully saturated rings. The van der Waals surface area contributed by atoms with Gasteiger partial charge in [-0.3, -0.25) is 0 Å². The van der Waals surface area contributed by atoms with Gasteiger partial charge >= 0.3 is 0 Å². The number of rotatable bonds is 2. The second-order valence-corrected chi connectivity index (χ2v) is 3.72. The highest BCUT2D eigenvalue weighted by atomic mass is 14.5. The van der Waals surface area contributed by atoms with E-state index in [0.717, 1.165) is 6.42 Å². The Morgan fingerprint density at radius 1 is 1.36 bits per heavy atom. The van der Waals surface area contributed by atoms with Gasteiger partial charge < -0.3 is 5.73 Å². The first-order chi connectivity index (χ1) is 5.02. The lowest BCUT2D eigenvalue weighted by atomic mass is 9.85. The van der Waals surface area contributed by atoms with Crippen molar-refractivity contribution in [2.75, 3.05) is 0 Å².